The molecule has 116 valence electrons. The van der Waals surface area contributed by atoms with Crippen molar-refractivity contribution < 1.29 is 9.18 Å². The maximum atomic E-state index is 12.8. The third-order valence-corrected chi connectivity index (χ3v) is 3.38. The molecular weight excluding hydrogens is 279 g/mol. The van der Waals surface area contributed by atoms with Crippen LogP contribution in [0.5, 0.6) is 0 Å². The fourth-order valence-corrected chi connectivity index (χ4v) is 2.22. The lowest BCUT2D eigenvalue weighted by molar-refractivity contribution is -0.115. The van der Waals surface area contributed by atoms with Crippen molar-refractivity contribution in [3.8, 4) is 0 Å². The zero-order chi connectivity index (χ0) is 15.9. The second-order valence-electron chi connectivity index (χ2n) is 5.47. The normalized spacial score (nSPS) is 10.5. The first-order valence-electron chi connectivity index (χ1n) is 7.44. The van der Waals surface area contributed by atoms with E-state index < -0.39 is 0 Å². The molecule has 0 atom stereocenters. The Morgan fingerprint density at radius 1 is 1.09 bits per heavy atom. The van der Waals surface area contributed by atoms with Crippen molar-refractivity contribution in [3.05, 3.63) is 59.9 Å². The van der Waals surface area contributed by atoms with Crippen molar-refractivity contribution in [2.75, 3.05) is 17.2 Å². The fraction of sp³-hybridized carbons (Fsp3) is 0.278. The monoisotopic (exact) mass is 300 g/mol. The molecule has 4 heteroatoms. The van der Waals surface area contributed by atoms with Gasteiger partial charge in [-0.15, -0.1) is 0 Å². The molecule has 0 unspecified atom stereocenters. The van der Waals surface area contributed by atoms with Crippen LogP contribution in [0.4, 0.5) is 15.8 Å². The summed E-state index contributed by atoms with van der Waals surface area (Å²) in [5.41, 5.74) is 2.79. The summed E-state index contributed by atoms with van der Waals surface area (Å²) in [6.45, 7) is 4.70. The van der Waals surface area contributed by atoms with Gasteiger partial charge in [-0.3, -0.25) is 4.79 Å². The Hall–Kier alpha value is -2.36. The number of halogens is 1. The fourth-order valence-electron chi connectivity index (χ4n) is 2.22. The van der Waals surface area contributed by atoms with E-state index in [1.807, 2.05) is 24.3 Å². The van der Waals surface area contributed by atoms with Crippen LogP contribution in [0, 0.1) is 5.82 Å². The van der Waals surface area contributed by atoms with Crippen LogP contribution in [0.15, 0.2) is 48.5 Å². The summed E-state index contributed by atoms with van der Waals surface area (Å²) in [6.07, 6.45) is 0.351. The molecule has 0 saturated carbocycles. The minimum Gasteiger partial charge on any atom is -0.385 e. The number of hydrogen-bond donors (Lipinski definition) is 2. The minimum absolute atomic E-state index is 0.0392. The van der Waals surface area contributed by atoms with Gasteiger partial charge in [0.15, 0.2) is 0 Å². The predicted molar refractivity (Wildman–Crippen MR) is 88.7 cm³/mol. The number of benzene rings is 2. The third kappa shape index (κ3) is 4.58. The number of amides is 1. The Morgan fingerprint density at radius 3 is 2.45 bits per heavy atom. The van der Waals surface area contributed by atoms with Gasteiger partial charge in [-0.1, -0.05) is 32.0 Å². The van der Waals surface area contributed by atoms with E-state index in [9.17, 15) is 9.18 Å². The number of hydrogen-bond acceptors (Lipinski definition) is 2. The molecule has 2 aromatic rings. The molecule has 0 aliphatic rings. The van der Waals surface area contributed by atoms with E-state index in [-0.39, 0.29) is 11.7 Å². The lowest BCUT2D eigenvalue weighted by atomic mass is 10.0. The van der Waals surface area contributed by atoms with Crippen molar-refractivity contribution in [2.24, 2.45) is 0 Å². The summed E-state index contributed by atoms with van der Waals surface area (Å²) in [4.78, 5) is 12.0. The Bertz CT molecular complexity index is 623. The number of rotatable bonds is 6. The highest BCUT2D eigenvalue weighted by atomic mass is 19.1. The van der Waals surface area contributed by atoms with Crippen molar-refractivity contribution in [1.82, 2.24) is 0 Å². The molecule has 1 amide bonds. The lowest BCUT2D eigenvalue weighted by Gasteiger charge is -2.14. The van der Waals surface area contributed by atoms with Crippen LogP contribution in [0.25, 0.3) is 0 Å². The number of nitrogens with one attached hydrogen (secondary N) is 2. The van der Waals surface area contributed by atoms with E-state index in [0.29, 0.717) is 18.9 Å². The van der Waals surface area contributed by atoms with Gasteiger partial charge in [-0.2, -0.15) is 0 Å². The molecule has 22 heavy (non-hydrogen) atoms. The largest absolute Gasteiger partial charge is 0.385 e. The summed E-state index contributed by atoms with van der Waals surface area (Å²) < 4.78 is 12.8. The molecule has 0 bridgehead atoms. The third-order valence-electron chi connectivity index (χ3n) is 3.38. The van der Waals surface area contributed by atoms with Crippen molar-refractivity contribution in [2.45, 2.75) is 26.2 Å². The zero-order valence-electron chi connectivity index (χ0n) is 12.9. The lowest BCUT2D eigenvalue weighted by Crippen LogP contribution is -2.17. The average molecular weight is 300 g/mol. The van der Waals surface area contributed by atoms with Crippen molar-refractivity contribution in [3.63, 3.8) is 0 Å². The van der Waals surface area contributed by atoms with Gasteiger partial charge in [0.1, 0.15) is 5.82 Å². The summed E-state index contributed by atoms with van der Waals surface area (Å²) in [5, 5.41) is 6.05. The zero-order valence-corrected chi connectivity index (χ0v) is 12.9. The molecule has 0 aliphatic heterocycles. The van der Waals surface area contributed by atoms with E-state index in [0.717, 1.165) is 16.9 Å². The molecule has 2 aromatic carbocycles. The van der Waals surface area contributed by atoms with Gasteiger partial charge in [0.05, 0.1) is 0 Å². The Balaban J connectivity index is 1.84. The van der Waals surface area contributed by atoms with Crippen LogP contribution in [0.3, 0.4) is 0 Å². The molecule has 2 N–H and O–H groups in total. The van der Waals surface area contributed by atoms with Gasteiger partial charge in [0, 0.05) is 24.3 Å². The van der Waals surface area contributed by atoms with Crippen molar-refractivity contribution >= 4 is 17.3 Å². The van der Waals surface area contributed by atoms with Crippen molar-refractivity contribution in [1.29, 1.82) is 0 Å². The number of para-hydroxylation sites is 1. The molecule has 0 saturated heterocycles. The molecule has 3 nitrogen and oxygen atoms in total. The Morgan fingerprint density at radius 2 is 1.77 bits per heavy atom. The molecule has 0 aliphatic carbocycles. The van der Waals surface area contributed by atoms with E-state index in [1.165, 1.54) is 12.1 Å². The Labute approximate surface area is 130 Å². The van der Waals surface area contributed by atoms with E-state index in [4.69, 9.17) is 0 Å². The van der Waals surface area contributed by atoms with Crippen LogP contribution < -0.4 is 10.6 Å². The first-order chi connectivity index (χ1) is 10.6. The number of anilines is 2. The van der Waals surface area contributed by atoms with Gasteiger partial charge in [-0.05, 0) is 41.8 Å². The Kier molecular flexibility index (Phi) is 5.53. The summed E-state index contributed by atoms with van der Waals surface area (Å²) in [7, 11) is 0. The maximum Gasteiger partial charge on any atom is 0.226 e. The first-order valence-corrected chi connectivity index (χ1v) is 7.44. The molecule has 0 aromatic heterocycles. The van der Waals surface area contributed by atoms with Crippen LogP contribution >= 0.6 is 0 Å². The second kappa shape index (κ2) is 7.59. The molecule has 0 heterocycles. The smallest absolute Gasteiger partial charge is 0.226 e. The van der Waals surface area contributed by atoms with Gasteiger partial charge >= 0.3 is 0 Å². The number of carbonyl (C=O) groups is 1. The van der Waals surface area contributed by atoms with E-state index in [2.05, 4.69) is 24.5 Å². The van der Waals surface area contributed by atoms with Crippen LogP contribution in [0.1, 0.15) is 31.7 Å². The molecular formula is C18H21FN2O. The van der Waals surface area contributed by atoms with Crippen LogP contribution in [-0.4, -0.2) is 12.5 Å². The van der Waals surface area contributed by atoms with Crippen LogP contribution in [-0.2, 0) is 4.79 Å². The molecule has 0 spiro atoms. The van der Waals surface area contributed by atoms with E-state index in [1.54, 1.807) is 12.1 Å². The summed E-state index contributed by atoms with van der Waals surface area (Å²) >= 11 is 0. The van der Waals surface area contributed by atoms with Gasteiger partial charge in [0.2, 0.25) is 5.91 Å². The highest BCUT2D eigenvalue weighted by molar-refractivity contribution is 5.91. The summed E-state index contributed by atoms with van der Waals surface area (Å²) in [6, 6.07) is 13.9. The van der Waals surface area contributed by atoms with Gasteiger partial charge in [-0.25, -0.2) is 4.39 Å². The van der Waals surface area contributed by atoms with Gasteiger partial charge in [0.25, 0.3) is 0 Å². The van der Waals surface area contributed by atoms with E-state index >= 15 is 0 Å². The molecule has 0 fully saturated rings. The topological polar surface area (TPSA) is 41.1 Å². The maximum absolute atomic E-state index is 12.8. The molecule has 0 radical (unpaired) electrons. The highest BCUT2D eigenvalue weighted by Gasteiger charge is 2.08. The predicted octanol–water partition coefficient (Wildman–Crippen LogP) is 4.39. The highest BCUT2D eigenvalue weighted by Crippen LogP contribution is 2.23. The SMILES string of the molecule is CC(C)c1ccccc1NC(=O)CCNc1ccc(F)cc1. The van der Waals surface area contributed by atoms with Gasteiger partial charge < -0.3 is 10.6 Å². The average Bonchev–Trinajstić information content (AvgIpc) is 2.49. The first kappa shape index (κ1) is 16.0. The quantitative estimate of drug-likeness (QED) is 0.830. The standard InChI is InChI=1S/C18H21FN2O/c1-13(2)16-5-3-4-6-17(16)21-18(22)11-12-20-15-9-7-14(19)8-10-15/h3-10,13,20H,11-12H2,1-2H3,(H,21,22). The molecule has 2 rings (SSSR count). The summed E-state index contributed by atoms with van der Waals surface area (Å²) in [5.74, 6) is 0.0464. The number of carbonyl (C=O) groups excluding carboxylic acids is 1. The minimum atomic E-state index is -0.270. The van der Waals surface area contributed by atoms with Crippen LogP contribution in [0.2, 0.25) is 0 Å². The second-order valence-corrected chi connectivity index (χ2v) is 5.47.